The van der Waals surface area contributed by atoms with Gasteiger partial charge in [-0.25, -0.2) is 0 Å². The Labute approximate surface area is 119 Å². The van der Waals surface area contributed by atoms with Crippen molar-refractivity contribution in [2.75, 3.05) is 19.7 Å². The first-order chi connectivity index (χ1) is 9.70. The Morgan fingerprint density at radius 2 is 1.95 bits per heavy atom. The van der Waals surface area contributed by atoms with Gasteiger partial charge in [-0.1, -0.05) is 6.92 Å². The topological polar surface area (TPSA) is 46.6 Å². The Morgan fingerprint density at radius 3 is 2.55 bits per heavy atom. The number of benzene rings is 1. The first-order valence-corrected chi connectivity index (χ1v) is 7.16. The Hall–Kier alpha value is -1.84. The summed E-state index contributed by atoms with van der Waals surface area (Å²) in [6, 6.07) is 7.14. The van der Waals surface area contributed by atoms with Crippen molar-refractivity contribution in [3.8, 4) is 5.75 Å². The van der Waals surface area contributed by atoms with Gasteiger partial charge in [0.15, 0.2) is 0 Å². The summed E-state index contributed by atoms with van der Waals surface area (Å²) in [6.07, 6.45) is 3.37. The number of nitrogens with zero attached hydrogens (tertiary/aromatic N) is 1. The lowest BCUT2D eigenvalue weighted by atomic mass is 9.98. The number of carbonyl (C=O) groups excluding carboxylic acids is 2. The molecule has 4 heteroatoms. The molecule has 1 fully saturated rings. The third-order valence-corrected chi connectivity index (χ3v) is 3.68. The van der Waals surface area contributed by atoms with Crippen LogP contribution in [0.2, 0.25) is 0 Å². The van der Waals surface area contributed by atoms with Crippen LogP contribution in [0.15, 0.2) is 24.3 Å². The highest BCUT2D eigenvalue weighted by Gasteiger charge is 2.21. The summed E-state index contributed by atoms with van der Waals surface area (Å²) in [7, 11) is 0. The number of rotatable bonds is 5. The summed E-state index contributed by atoms with van der Waals surface area (Å²) in [4.78, 5) is 24.4. The molecule has 2 rings (SSSR count). The fourth-order valence-electron chi connectivity index (χ4n) is 2.31. The fourth-order valence-corrected chi connectivity index (χ4v) is 2.31. The van der Waals surface area contributed by atoms with Gasteiger partial charge in [-0.2, -0.15) is 0 Å². The molecule has 1 heterocycles. The number of piperidine rings is 1. The van der Waals surface area contributed by atoms with Crippen LogP contribution in [0.5, 0.6) is 5.75 Å². The van der Waals surface area contributed by atoms with Gasteiger partial charge in [0, 0.05) is 25.1 Å². The minimum absolute atomic E-state index is 0.0938. The van der Waals surface area contributed by atoms with Crippen LogP contribution >= 0.6 is 0 Å². The van der Waals surface area contributed by atoms with Crippen molar-refractivity contribution in [1.29, 1.82) is 0 Å². The van der Waals surface area contributed by atoms with Crippen LogP contribution in [-0.2, 0) is 4.79 Å². The molecular formula is C16H21NO3. The number of aldehydes is 1. The van der Waals surface area contributed by atoms with E-state index in [9.17, 15) is 9.59 Å². The molecule has 0 spiro atoms. The minimum atomic E-state index is 0.0938. The molecule has 0 bridgehead atoms. The van der Waals surface area contributed by atoms with E-state index < -0.39 is 0 Å². The molecule has 0 aromatic heterocycles. The third-order valence-electron chi connectivity index (χ3n) is 3.68. The summed E-state index contributed by atoms with van der Waals surface area (Å²) >= 11 is 0. The molecule has 1 aromatic rings. The lowest BCUT2D eigenvalue weighted by Crippen LogP contribution is -2.37. The van der Waals surface area contributed by atoms with Crippen molar-refractivity contribution < 1.29 is 14.3 Å². The summed E-state index contributed by atoms with van der Waals surface area (Å²) in [5, 5.41) is 0. The Morgan fingerprint density at radius 1 is 1.30 bits per heavy atom. The van der Waals surface area contributed by atoms with E-state index >= 15 is 0 Å². The smallest absolute Gasteiger partial charge is 0.253 e. The Bertz CT molecular complexity index is 447. The van der Waals surface area contributed by atoms with Gasteiger partial charge < -0.3 is 14.4 Å². The highest BCUT2D eigenvalue weighted by Crippen LogP contribution is 2.19. The van der Waals surface area contributed by atoms with Crippen LogP contribution in [0, 0.1) is 5.92 Å². The van der Waals surface area contributed by atoms with E-state index in [-0.39, 0.29) is 5.91 Å². The van der Waals surface area contributed by atoms with Gasteiger partial charge in [-0.05, 0) is 43.0 Å². The second kappa shape index (κ2) is 7.08. The maximum Gasteiger partial charge on any atom is 0.253 e. The van der Waals surface area contributed by atoms with Gasteiger partial charge in [0.2, 0.25) is 0 Å². The van der Waals surface area contributed by atoms with Crippen molar-refractivity contribution >= 4 is 12.2 Å². The van der Waals surface area contributed by atoms with E-state index in [2.05, 4.69) is 6.92 Å². The predicted molar refractivity (Wildman–Crippen MR) is 76.9 cm³/mol. The van der Waals surface area contributed by atoms with E-state index in [1.54, 1.807) is 24.3 Å². The van der Waals surface area contributed by atoms with E-state index in [4.69, 9.17) is 4.74 Å². The van der Waals surface area contributed by atoms with Crippen molar-refractivity contribution in [3.63, 3.8) is 0 Å². The second-order valence-electron chi connectivity index (χ2n) is 5.30. The summed E-state index contributed by atoms with van der Waals surface area (Å²) in [6.45, 7) is 4.29. The number of carbonyl (C=O) groups is 2. The molecule has 4 nitrogen and oxygen atoms in total. The zero-order valence-corrected chi connectivity index (χ0v) is 11.9. The molecule has 0 atom stereocenters. The molecule has 1 aliphatic rings. The van der Waals surface area contributed by atoms with Crippen LogP contribution in [0.3, 0.4) is 0 Å². The molecule has 1 saturated heterocycles. The molecule has 0 unspecified atom stereocenters. The molecule has 1 aliphatic heterocycles. The predicted octanol–water partition coefficient (Wildman–Crippen LogP) is 2.53. The van der Waals surface area contributed by atoms with E-state index in [0.29, 0.717) is 30.3 Å². The summed E-state index contributed by atoms with van der Waals surface area (Å²) in [5.74, 6) is 1.50. The molecule has 1 amide bonds. The maximum atomic E-state index is 12.3. The number of ether oxygens (including phenoxy) is 1. The van der Waals surface area contributed by atoms with Gasteiger partial charge in [-0.3, -0.25) is 4.79 Å². The molecular weight excluding hydrogens is 254 g/mol. The number of hydrogen-bond donors (Lipinski definition) is 0. The molecule has 0 aliphatic carbocycles. The number of amides is 1. The van der Waals surface area contributed by atoms with E-state index in [1.807, 2.05) is 4.90 Å². The number of likely N-dealkylation sites (tertiary alicyclic amines) is 1. The quantitative estimate of drug-likeness (QED) is 0.613. The van der Waals surface area contributed by atoms with Crippen molar-refractivity contribution in [3.05, 3.63) is 29.8 Å². The van der Waals surface area contributed by atoms with Crippen LogP contribution in [0.1, 0.15) is 36.5 Å². The van der Waals surface area contributed by atoms with Gasteiger partial charge in [-0.15, -0.1) is 0 Å². The Kier molecular flexibility index (Phi) is 5.16. The SMILES string of the molecule is CC1CCN(C(=O)c2ccc(OCCC=O)cc2)CC1. The molecule has 108 valence electrons. The normalized spacial score (nSPS) is 15.9. The maximum absolute atomic E-state index is 12.3. The first-order valence-electron chi connectivity index (χ1n) is 7.16. The average Bonchev–Trinajstić information content (AvgIpc) is 2.48. The number of hydrogen-bond acceptors (Lipinski definition) is 3. The standard InChI is InChI=1S/C16H21NO3/c1-13-7-9-17(10-8-13)16(19)14-3-5-15(6-4-14)20-12-2-11-18/h3-6,11,13H,2,7-10,12H2,1H3. The zero-order valence-electron chi connectivity index (χ0n) is 11.9. The molecule has 0 N–H and O–H groups in total. The minimum Gasteiger partial charge on any atom is -0.493 e. The van der Waals surface area contributed by atoms with Gasteiger partial charge >= 0.3 is 0 Å². The highest BCUT2D eigenvalue weighted by molar-refractivity contribution is 5.94. The van der Waals surface area contributed by atoms with Crippen molar-refractivity contribution in [2.45, 2.75) is 26.2 Å². The second-order valence-corrected chi connectivity index (χ2v) is 5.30. The van der Waals surface area contributed by atoms with Crippen LogP contribution < -0.4 is 4.74 Å². The van der Waals surface area contributed by atoms with Gasteiger partial charge in [0.1, 0.15) is 12.0 Å². The van der Waals surface area contributed by atoms with E-state index in [1.165, 1.54) is 0 Å². The molecule has 0 radical (unpaired) electrons. The molecule has 0 saturated carbocycles. The van der Waals surface area contributed by atoms with E-state index in [0.717, 1.165) is 32.2 Å². The molecule has 1 aromatic carbocycles. The molecule has 20 heavy (non-hydrogen) atoms. The lowest BCUT2D eigenvalue weighted by Gasteiger charge is -2.30. The van der Waals surface area contributed by atoms with Crippen molar-refractivity contribution in [1.82, 2.24) is 4.90 Å². The summed E-state index contributed by atoms with van der Waals surface area (Å²) in [5.41, 5.74) is 0.697. The Balaban J connectivity index is 1.91. The average molecular weight is 275 g/mol. The van der Waals surface area contributed by atoms with Crippen LogP contribution in [0.25, 0.3) is 0 Å². The first kappa shape index (κ1) is 14.6. The van der Waals surface area contributed by atoms with Gasteiger partial charge in [0.05, 0.1) is 6.61 Å². The highest BCUT2D eigenvalue weighted by atomic mass is 16.5. The fraction of sp³-hybridized carbons (Fsp3) is 0.500. The lowest BCUT2D eigenvalue weighted by molar-refractivity contribution is -0.108. The largest absolute Gasteiger partial charge is 0.493 e. The zero-order chi connectivity index (χ0) is 14.4. The van der Waals surface area contributed by atoms with Crippen LogP contribution in [0.4, 0.5) is 0 Å². The van der Waals surface area contributed by atoms with Gasteiger partial charge in [0.25, 0.3) is 5.91 Å². The monoisotopic (exact) mass is 275 g/mol. The van der Waals surface area contributed by atoms with Crippen LogP contribution in [-0.4, -0.2) is 36.8 Å². The third kappa shape index (κ3) is 3.83. The van der Waals surface area contributed by atoms with Crippen molar-refractivity contribution in [2.24, 2.45) is 5.92 Å². The summed E-state index contributed by atoms with van der Waals surface area (Å²) < 4.78 is 5.38.